The summed E-state index contributed by atoms with van der Waals surface area (Å²) in [5.41, 5.74) is 2.27. The van der Waals surface area contributed by atoms with Crippen LogP contribution in [0, 0.1) is 0 Å². The number of pyridine rings is 1. The first-order chi connectivity index (χ1) is 9.74. The molecule has 0 saturated carbocycles. The second-order valence-corrected chi connectivity index (χ2v) is 4.18. The summed E-state index contributed by atoms with van der Waals surface area (Å²) in [5, 5.41) is 10.1. The summed E-state index contributed by atoms with van der Waals surface area (Å²) in [6.07, 6.45) is 3.37. The van der Waals surface area contributed by atoms with Crippen LogP contribution < -0.4 is 9.47 Å². The molecule has 6 nitrogen and oxygen atoms in total. The highest BCUT2D eigenvalue weighted by Gasteiger charge is 2.17. The zero-order valence-corrected chi connectivity index (χ0v) is 11.0. The molecule has 2 N–H and O–H groups in total. The lowest BCUT2D eigenvalue weighted by Gasteiger charge is -2.11. The van der Waals surface area contributed by atoms with Gasteiger partial charge in [0.15, 0.2) is 11.5 Å². The van der Waals surface area contributed by atoms with Crippen molar-refractivity contribution in [2.24, 2.45) is 0 Å². The van der Waals surface area contributed by atoms with Crippen LogP contribution >= 0.6 is 0 Å². The first-order valence-electron chi connectivity index (χ1n) is 5.98. The lowest BCUT2D eigenvalue weighted by Crippen LogP contribution is -1.93. The van der Waals surface area contributed by atoms with Gasteiger partial charge in [-0.2, -0.15) is 0 Å². The smallest absolute Gasteiger partial charge is 0.201 e. The molecule has 0 aliphatic carbocycles. The molecular formula is C14H13N3O3. The first-order valence-corrected chi connectivity index (χ1v) is 5.98. The van der Waals surface area contributed by atoms with E-state index in [0.29, 0.717) is 22.9 Å². The van der Waals surface area contributed by atoms with Crippen LogP contribution in [0.5, 0.6) is 17.2 Å². The molecule has 3 aromatic rings. The number of imidazole rings is 1. The van der Waals surface area contributed by atoms with E-state index in [2.05, 4.69) is 15.0 Å². The van der Waals surface area contributed by atoms with E-state index >= 15 is 0 Å². The Labute approximate surface area is 115 Å². The highest BCUT2D eigenvalue weighted by Crippen LogP contribution is 2.42. The molecule has 0 spiro atoms. The number of H-pyrrole nitrogens is 1. The third kappa shape index (κ3) is 1.82. The summed E-state index contributed by atoms with van der Waals surface area (Å²) in [5.74, 6) is 1.22. The maximum atomic E-state index is 10.1. The number of aromatic nitrogens is 3. The van der Waals surface area contributed by atoms with Crippen molar-refractivity contribution in [2.45, 2.75) is 0 Å². The Hall–Kier alpha value is -2.76. The summed E-state index contributed by atoms with van der Waals surface area (Å²) in [7, 11) is 2.98. The van der Waals surface area contributed by atoms with Crippen LogP contribution in [0.15, 0.2) is 30.6 Å². The van der Waals surface area contributed by atoms with Gasteiger partial charge in [0.25, 0.3) is 0 Å². The van der Waals surface area contributed by atoms with E-state index in [0.717, 1.165) is 11.0 Å². The summed E-state index contributed by atoms with van der Waals surface area (Å²) in [6, 6.07) is 5.26. The number of fused-ring (bicyclic) bond motifs is 1. The molecule has 0 saturated heterocycles. The van der Waals surface area contributed by atoms with Crippen LogP contribution in [0.2, 0.25) is 0 Å². The molecule has 0 amide bonds. The number of aromatic amines is 1. The lowest BCUT2D eigenvalue weighted by molar-refractivity contribution is 0.341. The molecule has 0 atom stereocenters. The van der Waals surface area contributed by atoms with Crippen molar-refractivity contribution in [3.63, 3.8) is 0 Å². The maximum Gasteiger partial charge on any atom is 0.201 e. The van der Waals surface area contributed by atoms with Crippen molar-refractivity contribution < 1.29 is 14.6 Å². The molecule has 1 aromatic carbocycles. The number of methoxy groups -OCH3 is 2. The minimum atomic E-state index is -0.0499. The predicted octanol–water partition coefficient (Wildman–Crippen LogP) is 2.35. The number of phenols is 1. The third-order valence-electron chi connectivity index (χ3n) is 3.06. The van der Waals surface area contributed by atoms with E-state index in [-0.39, 0.29) is 5.75 Å². The number of benzene rings is 1. The average molecular weight is 271 g/mol. The quantitative estimate of drug-likeness (QED) is 0.764. The molecule has 2 heterocycles. The standard InChI is InChI=1S/C14H13N3O3/c1-19-11-4-3-8(13(20-2)12(11)18)14-16-9-5-6-15-7-10(9)17-14/h3-7,18H,1-2H3,(H,16,17). The molecule has 20 heavy (non-hydrogen) atoms. The van der Waals surface area contributed by atoms with Crippen LogP contribution in [0.3, 0.4) is 0 Å². The van der Waals surface area contributed by atoms with E-state index in [1.807, 2.05) is 6.07 Å². The van der Waals surface area contributed by atoms with E-state index in [1.54, 1.807) is 24.5 Å². The number of phenolic OH excluding ortho intramolecular Hbond substituents is 1. The number of nitrogens with zero attached hydrogens (tertiary/aromatic N) is 2. The number of rotatable bonds is 3. The second-order valence-electron chi connectivity index (χ2n) is 4.18. The molecule has 3 rings (SSSR count). The van der Waals surface area contributed by atoms with Crippen molar-refractivity contribution in [3.8, 4) is 28.6 Å². The molecule has 0 fully saturated rings. The lowest BCUT2D eigenvalue weighted by atomic mass is 10.1. The van der Waals surface area contributed by atoms with Gasteiger partial charge in [-0.3, -0.25) is 4.98 Å². The number of nitrogens with one attached hydrogen (secondary N) is 1. The van der Waals surface area contributed by atoms with E-state index in [9.17, 15) is 5.11 Å². The van der Waals surface area contributed by atoms with Crippen molar-refractivity contribution in [1.29, 1.82) is 0 Å². The normalized spacial score (nSPS) is 10.7. The van der Waals surface area contributed by atoms with Gasteiger partial charge >= 0.3 is 0 Å². The van der Waals surface area contributed by atoms with Gasteiger partial charge in [-0.1, -0.05) is 0 Å². The van der Waals surface area contributed by atoms with Gasteiger partial charge < -0.3 is 19.6 Å². The topological polar surface area (TPSA) is 80.3 Å². The van der Waals surface area contributed by atoms with E-state index in [1.165, 1.54) is 14.2 Å². The highest BCUT2D eigenvalue weighted by atomic mass is 16.5. The fraction of sp³-hybridized carbons (Fsp3) is 0.143. The molecule has 2 aromatic heterocycles. The predicted molar refractivity (Wildman–Crippen MR) is 74.1 cm³/mol. The number of ether oxygens (including phenoxy) is 2. The first kappa shape index (κ1) is 12.3. The van der Waals surface area contributed by atoms with Crippen molar-refractivity contribution in [2.75, 3.05) is 14.2 Å². The van der Waals surface area contributed by atoms with E-state index < -0.39 is 0 Å². The number of aromatic hydroxyl groups is 1. The van der Waals surface area contributed by atoms with Gasteiger partial charge in [-0.15, -0.1) is 0 Å². The van der Waals surface area contributed by atoms with Crippen LogP contribution in [0.25, 0.3) is 22.4 Å². The van der Waals surface area contributed by atoms with Crippen LogP contribution in [0.1, 0.15) is 0 Å². The Morgan fingerprint density at radius 3 is 2.70 bits per heavy atom. The van der Waals surface area contributed by atoms with Gasteiger partial charge in [-0.05, 0) is 18.2 Å². The molecule has 0 bridgehead atoms. The average Bonchev–Trinajstić information content (AvgIpc) is 2.90. The Morgan fingerprint density at radius 2 is 2.00 bits per heavy atom. The van der Waals surface area contributed by atoms with Gasteiger partial charge in [0.1, 0.15) is 5.82 Å². The van der Waals surface area contributed by atoms with Crippen molar-refractivity contribution in [3.05, 3.63) is 30.6 Å². The minimum Gasteiger partial charge on any atom is -0.502 e. The Kier molecular flexibility index (Phi) is 2.90. The SMILES string of the molecule is COc1ccc(-c2nc3ccncc3[nH]2)c(OC)c1O. The Morgan fingerprint density at radius 1 is 1.15 bits per heavy atom. The van der Waals surface area contributed by atoms with Crippen molar-refractivity contribution >= 4 is 11.0 Å². The summed E-state index contributed by atoms with van der Waals surface area (Å²) >= 11 is 0. The highest BCUT2D eigenvalue weighted by molar-refractivity contribution is 5.81. The summed E-state index contributed by atoms with van der Waals surface area (Å²) in [4.78, 5) is 11.6. The fourth-order valence-electron chi connectivity index (χ4n) is 2.10. The number of hydrogen-bond donors (Lipinski definition) is 2. The third-order valence-corrected chi connectivity index (χ3v) is 3.06. The summed E-state index contributed by atoms with van der Waals surface area (Å²) < 4.78 is 10.3. The summed E-state index contributed by atoms with van der Waals surface area (Å²) in [6.45, 7) is 0. The molecular weight excluding hydrogens is 258 g/mol. The van der Waals surface area contributed by atoms with E-state index in [4.69, 9.17) is 9.47 Å². The number of hydrogen-bond acceptors (Lipinski definition) is 5. The largest absolute Gasteiger partial charge is 0.502 e. The van der Waals surface area contributed by atoms with Crippen molar-refractivity contribution in [1.82, 2.24) is 15.0 Å². The molecule has 0 unspecified atom stereocenters. The minimum absolute atomic E-state index is 0.0499. The maximum absolute atomic E-state index is 10.1. The molecule has 102 valence electrons. The monoisotopic (exact) mass is 271 g/mol. The van der Waals surface area contributed by atoms with Gasteiger partial charge in [0.05, 0.1) is 37.0 Å². The zero-order chi connectivity index (χ0) is 14.1. The zero-order valence-electron chi connectivity index (χ0n) is 11.0. The molecule has 6 heteroatoms. The Bertz CT molecular complexity index is 734. The Balaban J connectivity index is 2.20. The van der Waals surface area contributed by atoms with Crippen LogP contribution in [0.4, 0.5) is 0 Å². The van der Waals surface area contributed by atoms with Gasteiger partial charge in [-0.25, -0.2) is 4.98 Å². The molecule has 0 radical (unpaired) electrons. The second kappa shape index (κ2) is 4.73. The van der Waals surface area contributed by atoms with Gasteiger partial charge in [0, 0.05) is 6.20 Å². The van der Waals surface area contributed by atoms with Gasteiger partial charge in [0.2, 0.25) is 5.75 Å². The molecule has 0 aliphatic rings. The fourth-order valence-corrected chi connectivity index (χ4v) is 2.10. The van der Waals surface area contributed by atoms with Crippen LogP contribution in [-0.2, 0) is 0 Å². The molecule has 0 aliphatic heterocycles. The van der Waals surface area contributed by atoms with Crippen LogP contribution in [-0.4, -0.2) is 34.3 Å².